The number of aliphatic hydroxyl groups is 1. The molecule has 2 rings (SSSR count). The van der Waals surface area contributed by atoms with E-state index in [1.54, 1.807) is 20.0 Å². The minimum absolute atomic E-state index is 0.136. The zero-order valence-corrected chi connectivity index (χ0v) is 20.0. The van der Waals surface area contributed by atoms with Gasteiger partial charge in [-0.25, -0.2) is 19.1 Å². The van der Waals surface area contributed by atoms with E-state index in [0.717, 1.165) is 10.6 Å². The van der Waals surface area contributed by atoms with Gasteiger partial charge in [0.05, 0.1) is 13.2 Å². The van der Waals surface area contributed by atoms with Crippen LogP contribution in [0.1, 0.15) is 38.6 Å². The molecule has 1 unspecified atom stereocenters. The van der Waals surface area contributed by atoms with E-state index in [1.807, 2.05) is 18.7 Å². The third-order valence-corrected chi connectivity index (χ3v) is 7.73. The summed E-state index contributed by atoms with van der Waals surface area (Å²) in [7, 11) is -10.1. The van der Waals surface area contributed by atoms with Crippen molar-refractivity contribution in [1.29, 1.82) is 0 Å². The van der Waals surface area contributed by atoms with Crippen LogP contribution in [0.15, 0.2) is 27.6 Å². The number of rotatable bonds is 9. The molecule has 0 aliphatic carbocycles. The van der Waals surface area contributed by atoms with Crippen molar-refractivity contribution in [1.82, 2.24) is 14.9 Å². The number of nitrogen functional groups attached to an aromatic ring is 1. The second-order valence-corrected chi connectivity index (χ2v) is 10.9. The van der Waals surface area contributed by atoms with E-state index in [9.17, 15) is 19.1 Å². The molecule has 6 N–H and O–H groups in total. The number of aliphatic hydroxyl groups excluding tert-OH is 1. The maximum absolute atomic E-state index is 11.6. The quantitative estimate of drug-likeness (QED) is 0.248. The molecule has 0 saturated heterocycles. The minimum Gasteiger partial charge on any atom is -0.509 e. The number of nitrogens with zero attached hydrogens (tertiary/aromatic N) is 3. The summed E-state index contributed by atoms with van der Waals surface area (Å²) in [5, 5.41) is 11.2. The Bertz CT molecular complexity index is 994. The topological polar surface area (TPSA) is 189 Å². The molecule has 0 radical (unpaired) electrons. The van der Waals surface area contributed by atoms with Crippen LogP contribution in [0.25, 0.3) is 0 Å². The Hall–Kier alpha value is -1.43. The molecule has 1 aromatic heterocycles. The number of allylic oxidation sites excluding steroid dienone is 2. The average Bonchev–Trinajstić information content (AvgIpc) is 2.90. The van der Waals surface area contributed by atoms with Crippen molar-refractivity contribution in [3.8, 4) is 0 Å². The van der Waals surface area contributed by atoms with Crippen LogP contribution in [0.3, 0.4) is 0 Å². The smallest absolute Gasteiger partial charge is 0.481 e. The fourth-order valence-electron chi connectivity index (χ4n) is 2.62. The van der Waals surface area contributed by atoms with Crippen LogP contribution in [-0.4, -0.2) is 41.3 Å². The highest BCUT2D eigenvalue weighted by atomic mass is 32.2. The summed E-state index contributed by atoms with van der Waals surface area (Å²) in [6.07, 6.45) is 1.75. The van der Waals surface area contributed by atoms with E-state index < -0.39 is 15.6 Å². The number of hydrogen-bond donors (Lipinski definition) is 5. The maximum atomic E-state index is 11.6. The zero-order chi connectivity index (χ0) is 23.6. The Balaban J connectivity index is 2.22. The summed E-state index contributed by atoms with van der Waals surface area (Å²) in [6, 6.07) is 0. The fraction of sp³-hybridized carbons (Fsp3) is 0.500. The molecular formula is C16H26N4O8P2S. The standard InChI is InChI=1S/C16H26N4O8P2S/c1-9(2)14(21)16-20(8-12-7-18-11(4)19-15(12)17)10(3)13(31-16)5-6-27-30(25,26)28-29(22,23)24/h7,9,21H,5-6,8H2,1-4H3,(H,25,26)(H2,17,18,19)(H2,22,23,24). The fourth-order valence-corrected chi connectivity index (χ4v) is 5.54. The predicted molar refractivity (Wildman–Crippen MR) is 115 cm³/mol. The summed E-state index contributed by atoms with van der Waals surface area (Å²) < 4.78 is 30.8. The van der Waals surface area contributed by atoms with Gasteiger partial charge in [0.25, 0.3) is 0 Å². The van der Waals surface area contributed by atoms with Crippen molar-refractivity contribution in [3.63, 3.8) is 0 Å². The van der Waals surface area contributed by atoms with Crippen LogP contribution in [0, 0.1) is 12.8 Å². The van der Waals surface area contributed by atoms with Crippen molar-refractivity contribution in [2.45, 2.75) is 40.7 Å². The van der Waals surface area contributed by atoms with E-state index in [0.29, 0.717) is 28.8 Å². The van der Waals surface area contributed by atoms with Crippen LogP contribution >= 0.6 is 27.4 Å². The molecule has 0 fully saturated rings. The lowest BCUT2D eigenvalue weighted by Gasteiger charge is -2.24. The molecule has 1 aliphatic heterocycles. The van der Waals surface area contributed by atoms with E-state index in [1.165, 1.54) is 11.8 Å². The van der Waals surface area contributed by atoms with Gasteiger partial charge in [0.2, 0.25) is 0 Å². The molecule has 0 saturated carbocycles. The van der Waals surface area contributed by atoms with Gasteiger partial charge in [0.1, 0.15) is 22.4 Å². The van der Waals surface area contributed by atoms with E-state index in [-0.39, 0.29) is 24.7 Å². The van der Waals surface area contributed by atoms with Crippen LogP contribution in [0.5, 0.6) is 0 Å². The predicted octanol–water partition coefficient (Wildman–Crippen LogP) is 3.15. The molecule has 1 aromatic rings. The third kappa shape index (κ3) is 7.30. The van der Waals surface area contributed by atoms with E-state index in [4.69, 9.17) is 15.5 Å². The number of phosphoric acid groups is 2. The molecule has 0 aromatic carbocycles. The summed E-state index contributed by atoms with van der Waals surface area (Å²) in [5.41, 5.74) is 7.41. The Labute approximate surface area is 184 Å². The summed E-state index contributed by atoms with van der Waals surface area (Å²) in [5.74, 6) is 0.856. The van der Waals surface area contributed by atoms with E-state index in [2.05, 4.69) is 18.8 Å². The number of thioether (sulfide) groups is 1. The minimum atomic E-state index is -5.18. The Morgan fingerprint density at radius 3 is 2.48 bits per heavy atom. The molecule has 0 amide bonds. The van der Waals surface area contributed by atoms with Crippen molar-refractivity contribution < 1.29 is 37.8 Å². The van der Waals surface area contributed by atoms with Crippen molar-refractivity contribution >= 4 is 33.2 Å². The molecule has 0 spiro atoms. The average molecular weight is 496 g/mol. The van der Waals surface area contributed by atoms with Crippen molar-refractivity contribution in [3.05, 3.63) is 39.0 Å². The highest BCUT2D eigenvalue weighted by molar-refractivity contribution is 8.07. The van der Waals surface area contributed by atoms with Crippen LogP contribution < -0.4 is 5.73 Å². The normalized spacial score (nSPS) is 18.6. The molecule has 1 atom stereocenters. The molecule has 12 nitrogen and oxygen atoms in total. The van der Waals surface area contributed by atoms with E-state index >= 15 is 0 Å². The molecule has 0 bridgehead atoms. The zero-order valence-electron chi connectivity index (χ0n) is 17.4. The third-order valence-electron chi connectivity index (χ3n) is 4.18. The first kappa shape index (κ1) is 25.8. The number of nitrogens with two attached hydrogens (primary N) is 1. The van der Waals surface area contributed by atoms with Gasteiger partial charge in [-0.3, -0.25) is 4.52 Å². The molecular weight excluding hydrogens is 470 g/mol. The summed E-state index contributed by atoms with van der Waals surface area (Å²) in [6.45, 7) is 7.15. The van der Waals surface area contributed by atoms with Crippen LogP contribution in [0.4, 0.5) is 5.82 Å². The van der Waals surface area contributed by atoms with Gasteiger partial charge in [-0.05, 0) is 13.8 Å². The van der Waals surface area contributed by atoms with Gasteiger partial charge >= 0.3 is 15.6 Å². The first-order valence-corrected chi connectivity index (χ1v) is 12.9. The Morgan fingerprint density at radius 1 is 1.29 bits per heavy atom. The number of aromatic nitrogens is 2. The number of anilines is 1. The molecule has 31 heavy (non-hydrogen) atoms. The molecule has 174 valence electrons. The SMILES string of the molecule is CC1=C(CCOP(=O)(O)OP(=O)(O)O)SC(=C(O)C(C)C)N1Cc1cnc(C)nc1N. The maximum Gasteiger partial charge on any atom is 0.481 e. The van der Waals surface area contributed by atoms with Gasteiger partial charge in [0, 0.05) is 34.7 Å². The van der Waals surface area contributed by atoms with Crippen molar-refractivity contribution in [2.24, 2.45) is 5.92 Å². The second kappa shape index (κ2) is 10.0. The number of aryl methyl sites for hydroxylation is 1. The van der Waals surface area contributed by atoms with Crippen molar-refractivity contribution in [2.75, 3.05) is 12.3 Å². The van der Waals surface area contributed by atoms with Gasteiger partial charge in [0.15, 0.2) is 0 Å². The molecule has 2 heterocycles. The highest BCUT2D eigenvalue weighted by Crippen LogP contribution is 2.58. The lowest BCUT2D eigenvalue weighted by molar-refractivity contribution is 0.180. The Morgan fingerprint density at radius 2 is 1.94 bits per heavy atom. The molecule has 15 heteroatoms. The summed E-state index contributed by atoms with van der Waals surface area (Å²) >= 11 is 1.26. The lowest BCUT2D eigenvalue weighted by atomic mass is 10.1. The van der Waals surface area contributed by atoms with Crippen LogP contribution in [0.2, 0.25) is 0 Å². The lowest BCUT2D eigenvalue weighted by Crippen LogP contribution is -2.20. The Kier molecular flexibility index (Phi) is 8.34. The number of hydrogen-bond acceptors (Lipinski definition) is 10. The van der Waals surface area contributed by atoms with Gasteiger partial charge in [-0.2, -0.15) is 4.31 Å². The second-order valence-electron chi connectivity index (χ2n) is 6.99. The first-order chi connectivity index (χ1) is 14.2. The summed E-state index contributed by atoms with van der Waals surface area (Å²) in [4.78, 5) is 37.6. The monoisotopic (exact) mass is 496 g/mol. The number of phosphoric ester groups is 1. The molecule has 1 aliphatic rings. The van der Waals surface area contributed by atoms with Gasteiger partial charge < -0.3 is 30.4 Å². The first-order valence-electron chi connectivity index (χ1n) is 9.10. The van der Waals surface area contributed by atoms with Crippen LogP contribution in [-0.2, 0) is 24.5 Å². The largest absolute Gasteiger partial charge is 0.509 e. The van der Waals surface area contributed by atoms with Gasteiger partial charge in [-0.15, -0.1) is 0 Å². The van der Waals surface area contributed by atoms with Gasteiger partial charge in [-0.1, -0.05) is 25.6 Å². The highest BCUT2D eigenvalue weighted by Gasteiger charge is 2.34.